The van der Waals surface area contributed by atoms with Gasteiger partial charge in [-0.2, -0.15) is 0 Å². The van der Waals surface area contributed by atoms with Crippen molar-refractivity contribution in [2.24, 2.45) is 0 Å². The molecule has 0 radical (unpaired) electrons. The fraction of sp³-hybridized carbons (Fsp3) is 0.294. The standard InChI is InChI=1S/C17H21NO4/c1-20-15-9-13(10-16(21-2)17(15)22-3)18-11-14(19)12-7-5-4-6-8-12/h4-10,14,18-19H,11H2,1-3H3/t14-/m0/s1. The third-order valence-corrected chi connectivity index (χ3v) is 3.35. The zero-order valence-corrected chi connectivity index (χ0v) is 13.0. The molecule has 1 atom stereocenters. The summed E-state index contributed by atoms with van der Waals surface area (Å²) in [5.74, 6) is 1.68. The molecule has 0 unspecified atom stereocenters. The third kappa shape index (κ3) is 3.62. The van der Waals surface area contributed by atoms with Gasteiger partial charge >= 0.3 is 0 Å². The molecule has 0 spiro atoms. The van der Waals surface area contributed by atoms with Gasteiger partial charge in [0.15, 0.2) is 11.5 Å². The van der Waals surface area contributed by atoms with Gasteiger partial charge in [-0.25, -0.2) is 0 Å². The lowest BCUT2D eigenvalue weighted by molar-refractivity contribution is 0.191. The first-order chi connectivity index (χ1) is 10.7. The lowest BCUT2D eigenvalue weighted by Crippen LogP contribution is -2.12. The maximum absolute atomic E-state index is 10.2. The summed E-state index contributed by atoms with van der Waals surface area (Å²) in [6.07, 6.45) is -0.597. The van der Waals surface area contributed by atoms with E-state index in [1.54, 1.807) is 33.5 Å². The number of benzene rings is 2. The molecule has 0 aliphatic carbocycles. The van der Waals surface area contributed by atoms with E-state index in [0.29, 0.717) is 23.8 Å². The Balaban J connectivity index is 2.13. The van der Waals surface area contributed by atoms with Crippen LogP contribution in [0.5, 0.6) is 17.2 Å². The van der Waals surface area contributed by atoms with Gasteiger partial charge in [-0.15, -0.1) is 0 Å². The molecule has 0 saturated carbocycles. The second-order valence-electron chi connectivity index (χ2n) is 4.72. The molecule has 118 valence electrons. The number of rotatable bonds is 7. The van der Waals surface area contributed by atoms with Gasteiger partial charge in [-0.05, 0) is 5.56 Å². The first-order valence-electron chi connectivity index (χ1n) is 6.96. The molecule has 5 nitrogen and oxygen atoms in total. The van der Waals surface area contributed by atoms with Crippen molar-refractivity contribution in [1.29, 1.82) is 0 Å². The zero-order valence-electron chi connectivity index (χ0n) is 13.0. The first kappa shape index (κ1) is 16.0. The Labute approximate surface area is 130 Å². The Morgan fingerprint density at radius 1 is 0.955 bits per heavy atom. The summed E-state index contributed by atoms with van der Waals surface area (Å²) in [4.78, 5) is 0. The lowest BCUT2D eigenvalue weighted by Gasteiger charge is -2.17. The summed E-state index contributed by atoms with van der Waals surface area (Å²) in [6.45, 7) is 0.378. The van der Waals surface area contributed by atoms with E-state index in [2.05, 4.69) is 5.32 Å². The van der Waals surface area contributed by atoms with Crippen LogP contribution in [-0.2, 0) is 0 Å². The molecule has 2 aromatic carbocycles. The van der Waals surface area contributed by atoms with E-state index in [0.717, 1.165) is 11.3 Å². The predicted octanol–water partition coefficient (Wildman–Crippen LogP) is 2.86. The van der Waals surface area contributed by atoms with Crippen molar-refractivity contribution in [3.05, 3.63) is 48.0 Å². The third-order valence-electron chi connectivity index (χ3n) is 3.35. The highest BCUT2D eigenvalue weighted by molar-refractivity contribution is 5.62. The number of aliphatic hydroxyl groups excluding tert-OH is 1. The van der Waals surface area contributed by atoms with E-state index in [4.69, 9.17) is 14.2 Å². The SMILES string of the molecule is COc1cc(NC[C@H](O)c2ccccc2)cc(OC)c1OC. The summed E-state index contributed by atoms with van der Waals surface area (Å²) < 4.78 is 15.9. The molecule has 2 rings (SSSR count). The highest BCUT2D eigenvalue weighted by atomic mass is 16.5. The van der Waals surface area contributed by atoms with Crippen LogP contribution in [0.2, 0.25) is 0 Å². The average molecular weight is 303 g/mol. The zero-order chi connectivity index (χ0) is 15.9. The summed E-state index contributed by atoms with van der Waals surface area (Å²) in [6, 6.07) is 13.1. The largest absolute Gasteiger partial charge is 0.493 e. The minimum Gasteiger partial charge on any atom is -0.493 e. The quantitative estimate of drug-likeness (QED) is 0.823. The minimum atomic E-state index is -0.597. The van der Waals surface area contributed by atoms with Crippen molar-refractivity contribution in [2.45, 2.75) is 6.10 Å². The molecule has 0 amide bonds. The Bertz CT molecular complexity index is 576. The van der Waals surface area contributed by atoms with Crippen LogP contribution in [0.1, 0.15) is 11.7 Å². The highest BCUT2D eigenvalue weighted by Gasteiger charge is 2.14. The summed E-state index contributed by atoms with van der Waals surface area (Å²) >= 11 is 0. The molecule has 22 heavy (non-hydrogen) atoms. The van der Waals surface area contributed by atoms with Crippen molar-refractivity contribution in [3.8, 4) is 17.2 Å². The normalized spacial score (nSPS) is 11.6. The Morgan fingerprint density at radius 3 is 2.05 bits per heavy atom. The smallest absolute Gasteiger partial charge is 0.203 e. The Morgan fingerprint density at radius 2 is 1.55 bits per heavy atom. The minimum absolute atomic E-state index is 0.378. The Hall–Kier alpha value is -2.40. The lowest BCUT2D eigenvalue weighted by atomic mass is 10.1. The maximum Gasteiger partial charge on any atom is 0.203 e. The van der Waals surface area contributed by atoms with Crippen molar-refractivity contribution in [2.75, 3.05) is 33.2 Å². The second-order valence-corrected chi connectivity index (χ2v) is 4.72. The molecular weight excluding hydrogens is 282 g/mol. The molecule has 0 bridgehead atoms. The number of methoxy groups -OCH3 is 3. The number of ether oxygens (including phenoxy) is 3. The number of anilines is 1. The van der Waals surface area contributed by atoms with Crippen molar-refractivity contribution in [1.82, 2.24) is 0 Å². The number of hydrogen-bond acceptors (Lipinski definition) is 5. The van der Waals surface area contributed by atoms with Crippen molar-refractivity contribution >= 4 is 5.69 Å². The van der Waals surface area contributed by atoms with E-state index >= 15 is 0 Å². The highest BCUT2D eigenvalue weighted by Crippen LogP contribution is 2.40. The van der Waals surface area contributed by atoms with E-state index in [1.165, 1.54) is 0 Å². The van der Waals surface area contributed by atoms with Crippen LogP contribution in [-0.4, -0.2) is 33.0 Å². The molecule has 2 aromatic rings. The van der Waals surface area contributed by atoms with Gasteiger partial charge < -0.3 is 24.6 Å². The maximum atomic E-state index is 10.2. The molecule has 0 aliphatic heterocycles. The average Bonchev–Trinajstić information content (AvgIpc) is 2.59. The van der Waals surface area contributed by atoms with Crippen LogP contribution in [0.15, 0.2) is 42.5 Å². The van der Waals surface area contributed by atoms with E-state index < -0.39 is 6.10 Å². The molecule has 0 aromatic heterocycles. The van der Waals surface area contributed by atoms with Gasteiger partial charge in [0.25, 0.3) is 0 Å². The van der Waals surface area contributed by atoms with Crippen LogP contribution in [0.4, 0.5) is 5.69 Å². The van der Waals surface area contributed by atoms with Crippen LogP contribution in [0.3, 0.4) is 0 Å². The molecule has 0 saturated heterocycles. The molecule has 2 N–H and O–H groups in total. The molecular formula is C17H21NO4. The Kier molecular flexibility index (Phi) is 5.49. The van der Waals surface area contributed by atoms with Gasteiger partial charge in [-0.1, -0.05) is 30.3 Å². The topological polar surface area (TPSA) is 60.0 Å². The van der Waals surface area contributed by atoms with Gasteiger partial charge in [0.2, 0.25) is 5.75 Å². The monoisotopic (exact) mass is 303 g/mol. The van der Waals surface area contributed by atoms with Gasteiger partial charge in [-0.3, -0.25) is 0 Å². The summed E-state index contributed by atoms with van der Waals surface area (Å²) in [5, 5.41) is 13.4. The predicted molar refractivity (Wildman–Crippen MR) is 86.0 cm³/mol. The van der Waals surface area contributed by atoms with Crippen molar-refractivity contribution < 1.29 is 19.3 Å². The van der Waals surface area contributed by atoms with Crippen LogP contribution in [0.25, 0.3) is 0 Å². The van der Waals surface area contributed by atoms with Gasteiger partial charge in [0.1, 0.15) is 0 Å². The van der Waals surface area contributed by atoms with Crippen LogP contribution in [0, 0.1) is 0 Å². The molecule has 5 heteroatoms. The summed E-state index contributed by atoms with van der Waals surface area (Å²) in [5.41, 5.74) is 1.65. The van der Waals surface area contributed by atoms with E-state index in [1.807, 2.05) is 30.3 Å². The fourth-order valence-electron chi connectivity index (χ4n) is 2.19. The van der Waals surface area contributed by atoms with E-state index in [-0.39, 0.29) is 0 Å². The second kappa shape index (κ2) is 7.56. The fourth-order valence-corrected chi connectivity index (χ4v) is 2.19. The van der Waals surface area contributed by atoms with Crippen LogP contribution >= 0.6 is 0 Å². The van der Waals surface area contributed by atoms with E-state index in [9.17, 15) is 5.11 Å². The van der Waals surface area contributed by atoms with Gasteiger partial charge in [0, 0.05) is 24.4 Å². The summed E-state index contributed by atoms with van der Waals surface area (Å²) in [7, 11) is 4.70. The number of hydrogen-bond donors (Lipinski definition) is 2. The van der Waals surface area contributed by atoms with Crippen molar-refractivity contribution in [3.63, 3.8) is 0 Å². The number of nitrogens with one attached hydrogen (secondary N) is 1. The number of aliphatic hydroxyl groups is 1. The molecule has 0 aliphatic rings. The van der Waals surface area contributed by atoms with Gasteiger partial charge in [0.05, 0.1) is 27.4 Å². The first-order valence-corrected chi connectivity index (χ1v) is 6.96. The van der Waals surface area contributed by atoms with Crippen LogP contribution < -0.4 is 19.5 Å². The molecule has 0 heterocycles. The molecule has 0 fully saturated rings.